The highest BCUT2D eigenvalue weighted by Gasteiger charge is 2.52. The van der Waals surface area contributed by atoms with Gasteiger partial charge < -0.3 is 20.1 Å². The van der Waals surface area contributed by atoms with Crippen molar-refractivity contribution in [3.8, 4) is 0 Å². The molecule has 1 fully saturated rings. The normalized spacial score (nSPS) is 20.9. The molecule has 0 saturated carbocycles. The van der Waals surface area contributed by atoms with Crippen molar-refractivity contribution in [3.05, 3.63) is 28.9 Å². The van der Waals surface area contributed by atoms with E-state index in [-0.39, 0.29) is 6.61 Å². The number of aliphatic hydroxyl groups is 1. The second-order valence-corrected chi connectivity index (χ2v) is 6.43. The first kappa shape index (κ1) is 16.0. The van der Waals surface area contributed by atoms with Crippen molar-refractivity contribution < 1.29 is 14.4 Å². The smallest absolute Gasteiger partial charge is 0.400 e. The van der Waals surface area contributed by atoms with Gasteiger partial charge in [-0.3, -0.25) is 0 Å². The number of aliphatic hydroxyl groups excluding tert-OH is 1. The van der Waals surface area contributed by atoms with Crippen LogP contribution < -0.4 is 5.73 Å². The van der Waals surface area contributed by atoms with Crippen LogP contribution in [0.2, 0.25) is 0 Å². The first-order valence-corrected chi connectivity index (χ1v) is 7.05. The lowest BCUT2D eigenvalue weighted by molar-refractivity contribution is 0.00578. The third-order valence-corrected chi connectivity index (χ3v) is 4.25. The Morgan fingerprint density at radius 1 is 1.33 bits per heavy atom. The number of pyridine rings is 1. The fourth-order valence-electron chi connectivity index (χ4n) is 2.12. The van der Waals surface area contributed by atoms with Crippen molar-refractivity contribution in [3.63, 3.8) is 0 Å². The molecule has 1 aromatic heterocycles. The second kappa shape index (κ2) is 5.44. The topological polar surface area (TPSA) is 77.6 Å². The summed E-state index contributed by atoms with van der Waals surface area (Å²) in [6.45, 7) is 9.75. The lowest BCUT2D eigenvalue weighted by Gasteiger charge is -2.32. The maximum atomic E-state index is 9.66. The van der Waals surface area contributed by atoms with Gasteiger partial charge in [0.2, 0.25) is 0 Å². The van der Waals surface area contributed by atoms with E-state index >= 15 is 0 Å². The molecule has 3 N–H and O–H groups in total. The molecule has 0 atom stereocenters. The molecule has 2 rings (SSSR count). The van der Waals surface area contributed by atoms with Crippen molar-refractivity contribution in [2.45, 2.75) is 45.8 Å². The largest absolute Gasteiger partial charge is 0.492 e. The minimum absolute atomic E-state index is 0.138. The van der Waals surface area contributed by atoms with Crippen molar-refractivity contribution >= 4 is 19.0 Å². The summed E-state index contributed by atoms with van der Waals surface area (Å²) in [5, 5.41) is 9.66. The van der Waals surface area contributed by atoms with Crippen LogP contribution in [0.5, 0.6) is 0 Å². The molecule has 0 radical (unpaired) electrons. The molecular weight excluding hydrogens is 267 g/mol. The zero-order chi connectivity index (χ0) is 15.8. The second-order valence-electron chi connectivity index (χ2n) is 6.43. The van der Waals surface area contributed by atoms with E-state index in [9.17, 15) is 5.11 Å². The van der Waals surface area contributed by atoms with E-state index < -0.39 is 18.3 Å². The first-order chi connectivity index (χ1) is 9.66. The van der Waals surface area contributed by atoms with Gasteiger partial charge in [-0.05, 0) is 57.3 Å². The maximum Gasteiger partial charge on any atom is 0.492 e. The van der Waals surface area contributed by atoms with Crippen molar-refractivity contribution in [1.82, 2.24) is 4.98 Å². The minimum Gasteiger partial charge on any atom is -0.400 e. The summed E-state index contributed by atoms with van der Waals surface area (Å²) in [4.78, 5) is 4.08. The Balaban J connectivity index is 2.31. The number of anilines is 1. The van der Waals surface area contributed by atoms with Crippen LogP contribution >= 0.6 is 0 Å². The third kappa shape index (κ3) is 3.12. The van der Waals surface area contributed by atoms with E-state index in [1.807, 2.05) is 40.7 Å². The Morgan fingerprint density at radius 2 is 1.90 bits per heavy atom. The highest BCUT2D eigenvalue weighted by molar-refractivity contribution is 6.55. The van der Waals surface area contributed by atoms with Gasteiger partial charge in [0.1, 0.15) is 5.82 Å². The van der Waals surface area contributed by atoms with Crippen molar-refractivity contribution in [1.29, 1.82) is 0 Å². The molecule has 1 aliphatic rings. The van der Waals surface area contributed by atoms with E-state index in [0.717, 1.165) is 11.1 Å². The molecule has 114 valence electrons. The maximum absolute atomic E-state index is 9.66. The molecule has 1 aromatic rings. The molecule has 0 aliphatic carbocycles. The van der Waals surface area contributed by atoms with E-state index in [1.54, 1.807) is 12.3 Å². The molecule has 0 unspecified atom stereocenters. The molecule has 0 aromatic carbocycles. The average Bonchev–Trinajstić information content (AvgIpc) is 2.57. The number of nitrogen functional groups attached to an aromatic ring is 1. The van der Waals surface area contributed by atoms with Gasteiger partial charge >= 0.3 is 7.12 Å². The minimum atomic E-state index is -0.558. The lowest BCUT2D eigenvalue weighted by Crippen LogP contribution is -2.41. The number of hydrogen-bond acceptors (Lipinski definition) is 5. The zero-order valence-electron chi connectivity index (χ0n) is 13.3. The highest BCUT2D eigenvalue weighted by Crippen LogP contribution is 2.38. The summed E-state index contributed by atoms with van der Waals surface area (Å²) in [6.07, 6.45) is 3.54. The standard InChI is InChI=1S/C15H23BN2O3/c1-10-6-13(17)18-8-11(10)7-12(9-19)16-20-14(2,3)15(4,5)21-16/h6-8,19H,9H2,1-5H3,(H2,17,18). The number of nitrogens with two attached hydrogens (primary N) is 1. The Labute approximate surface area is 126 Å². The highest BCUT2D eigenvalue weighted by atomic mass is 16.7. The Hall–Kier alpha value is -1.37. The molecule has 6 heteroatoms. The van der Waals surface area contributed by atoms with E-state index in [2.05, 4.69) is 4.98 Å². The quantitative estimate of drug-likeness (QED) is 0.832. The number of aromatic nitrogens is 1. The molecule has 1 aliphatic heterocycles. The summed E-state index contributed by atoms with van der Waals surface area (Å²) < 4.78 is 11.9. The fraction of sp³-hybridized carbons (Fsp3) is 0.533. The number of hydrogen-bond donors (Lipinski definition) is 2. The average molecular weight is 290 g/mol. The molecule has 2 heterocycles. The van der Waals surface area contributed by atoms with Gasteiger partial charge in [0.25, 0.3) is 0 Å². The lowest BCUT2D eigenvalue weighted by atomic mass is 9.77. The third-order valence-electron chi connectivity index (χ3n) is 4.25. The van der Waals surface area contributed by atoms with Gasteiger partial charge in [0.05, 0.1) is 17.8 Å². The first-order valence-electron chi connectivity index (χ1n) is 7.05. The molecule has 1 saturated heterocycles. The van der Waals surface area contributed by atoms with Crippen LogP contribution in [0.25, 0.3) is 6.08 Å². The van der Waals surface area contributed by atoms with Gasteiger partial charge in [0.15, 0.2) is 0 Å². The van der Waals surface area contributed by atoms with E-state index in [0.29, 0.717) is 11.3 Å². The van der Waals surface area contributed by atoms with Gasteiger partial charge in [0, 0.05) is 6.20 Å². The summed E-state index contributed by atoms with van der Waals surface area (Å²) in [5.74, 6) is 0.478. The number of aryl methyl sites for hydroxylation is 1. The molecule has 5 nitrogen and oxygen atoms in total. The van der Waals surface area contributed by atoms with Gasteiger partial charge in [-0.1, -0.05) is 6.08 Å². The molecular formula is C15H23BN2O3. The molecule has 21 heavy (non-hydrogen) atoms. The van der Waals surface area contributed by atoms with Crippen LogP contribution in [-0.2, 0) is 9.31 Å². The fourth-order valence-corrected chi connectivity index (χ4v) is 2.12. The Kier molecular flexibility index (Phi) is 4.15. The van der Waals surface area contributed by atoms with E-state index in [1.165, 1.54) is 0 Å². The van der Waals surface area contributed by atoms with Crippen LogP contribution in [0.4, 0.5) is 5.82 Å². The Bertz CT molecular complexity index is 554. The van der Waals surface area contributed by atoms with Crippen LogP contribution in [0.1, 0.15) is 38.8 Å². The molecule has 0 spiro atoms. The van der Waals surface area contributed by atoms with Crippen LogP contribution in [0.3, 0.4) is 0 Å². The van der Waals surface area contributed by atoms with Gasteiger partial charge in [-0.25, -0.2) is 4.98 Å². The molecule has 0 bridgehead atoms. The van der Waals surface area contributed by atoms with E-state index in [4.69, 9.17) is 15.0 Å². The Morgan fingerprint density at radius 3 is 2.38 bits per heavy atom. The zero-order valence-corrected chi connectivity index (χ0v) is 13.3. The summed E-state index contributed by atoms with van der Waals surface area (Å²) >= 11 is 0. The summed E-state index contributed by atoms with van der Waals surface area (Å²) in [7, 11) is -0.558. The summed E-state index contributed by atoms with van der Waals surface area (Å²) in [5.41, 5.74) is 7.35. The summed E-state index contributed by atoms with van der Waals surface area (Å²) in [6, 6.07) is 1.80. The van der Waals surface area contributed by atoms with Crippen LogP contribution in [-0.4, -0.2) is 35.0 Å². The monoisotopic (exact) mass is 290 g/mol. The SMILES string of the molecule is Cc1cc(N)ncc1C=C(CO)B1OC(C)(C)C(C)(C)O1. The number of nitrogens with zero attached hydrogens (tertiary/aromatic N) is 1. The number of rotatable bonds is 3. The van der Waals surface area contributed by atoms with Gasteiger partial charge in [-0.15, -0.1) is 0 Å². The van der Waals surface area contributed by atoms with Crippen molar-refractivity contribution in [2.24, 2.45) is 0 Å². The predicted molar refractivity (Wildman–Crippen MR) is 84.5 cm³/mol. The predicted octanol–water partition coefficient (Wildman–Crippen LogP) is 1.98. The van der Waals surface area contributed by atoms with Gasteiger partial charge in [-0.2, -0.15) is 0 Å². The van der Waals surface area contributed by atoms with Crippen LogP contribution in [0.15, 0.2) is 17.7 Å². The van der Waals surface area contributed by atoms with Crippen molar-refractivity contribution in [2.75, 3.05) is 12.3 Å². The molecule has 0 amide bonds. The van der Waals surface area contributed by atoms with Crippen LogP contribution in [0, 0.1) is 6.92 Å².